The monoisotopic (exact) mass is 428 g/mol. The van der Waals surface area contributed by atoms with Gasteiger partial charge < -0.3 is 10.2 Å². The molecule has 1 saturated heterocycles. The maximum absolute atomic E-state index is 12.7. The van der Waals surface area contributed by atoms with E-state index in [1.165, 1.54) is 0 Å². The summed E-state index contributed by atoms with van der Waals surface area (Å²) in [5.74, 6) is -1.23. The molecule has 0 atom stereocenters. The molecule has 2 aromatic carbocycles. The van der Waals surface area contributed by atoms with Gasteiger partial charge in [-0.2, -0.15) is 0 Å². The second kappa shape index (κ2) is 9.89. The van der Waals surface area contributed by atoms with Gasteiger partial charge in [-0.15, -0.1) is 0 Å². The second-order valence-corrected chi connectivity index (χ2v) is 9.89. The number of sulfone groups is 1. The second-order valence-electron chi connectivity index (χ2n) is 7.71. The van der Waals surface area contributed by atoms with Crippen molar-refractivity contribution in [1.29, 1.82) is 0 Å². The fraction of sp³-hybridized carbons (Fsp3) is 0.391. The van der Waals surface area contributed by atoms with Crippen molar-refractivity contribution in [3.05, 3.63) is 65.2 Å². The Hall–Kier alpha value is -2.67. The Bertz CT molecular complexity index is 997. The van der Waals surface area contributed by atoms with E-state index >= 15 is 0 Å². The maximum atomic E-state index is 12.7. The molecule has 1 heterocycles. The van der Waals surface area contributed by atoms with Crippen LogP contribution in [0, 0.1) is 6.92 Å². The Morgan fingerprint density at radius 3 is 2.40 bits per heavy atom. The molecule has 6 nitrogen and oxygen atoms in total. The zero-order valence-electron chi connectivity index (χ0n) is 17.3. The van der Waals surface area contributed by atoms with Gasteiger partial charge in [0, 0.05) is 24.3 Å². The largest absolute Gasteiger partial charge is 0.339 e. The summed E-state index contributed by atoms with van der Waals surface area (Å²) in [6.07, 6.45) is 3.13. The molecule has 0 radical (unpaired) electrons. The minimum atomic E-state index is -3.51. The average molecular weight is 429 g/mol. The molecule has 3 rings (SSSR count). The van der Waals surface area contributed by atoms with Crippen molar-refractivity contribution < 1.29 is 18.0 Å². The highest BCUT2D eigenvalue weighted by Crippen LogP contribution is 2.22. The molecule has 0 unspecified atom stereocenters. The maximum Gasteiger partial charge on any atom is 0.254 e. The molecule has 0 bridgehead atoms. The zero-order valence-corrected chi connectivity index (χ0v) is 18.1. The van der Waals surface area contributed by atoms with E-state index in [1.807, 2.05) is 35.2 Å². The molecule has 160 valence electrons. The summed E-state index contributed by atoms with van der Waals surface area (Å²) < 4.78 is 24.7. The van der Waals surface area contributed by atoms with E-state index in [0.29, 0.717) is 29.7 Å². The third-order valence-corrected chi connectivity index (χ3v) is 6.96. The molecule has 0 saturated carbocycles. The molecule has 1 N–H and O–H groups in total. The number of nitrogens with zero attached hydrogens (tertiary/aromatic N) is 1. The number of rotatable bonds is 8. The van der Waals surface area contributed by atoms with Crippen LogP contribution in [0.1, 0.15) is 40.7 Å². The third kappa shape index (κ3) is 5.92. The molecule has 1 aliphatic heterocycles. The number of hydrogen-bond donors (Lipinski definition) is 1. The minimum absolute atomic E-state index is 0.0399. The highest BCUT2D eigenvalue weighted by molar-refractivity contribution is 7.92. The van der Waals surface area contributed by atoms with Gasteiger partial charge in [-0.05, 0) is 55.9 Å². The van der Waals surface area contributed by atoms with Gasteiger partial charge in [0.05, 0.1) is 5.75 Å². The number of carbonyl (C=O) groups excluding carboxylic acids is 2. The molecule has 0 spiro atoms. The summed E-state index contributed by atoms with van der Waals surface area (Å²) in [5.41, 5.74) is 2.75. The van der Waals surface area contributed by atoms with E-state index in [1.54, 1.807) is 25.1 Å². The van der Waals surface area contributed by atoms with Gasteiger partial charge in [0.25, 0.3) is 5.91 Å². The lowest BCUT2D eigenvalue weighted by Gasteiger charge is -2.18. The van der Waals surface area contributed by atoms with Crippen LogP contribution in [0.5, 0.6) is 0 Å². The van der Waals surface area contributed by atoms with Crippen molar-refractivity contribution in [3.8, 4) is 0 Å². The molecular weight excluding hydrogens is 400 g/mol. The SMILES string of the molecule is Cc1c(NC(=O)CS(=O)(=O)CCCc2ccccc2)cccc1C(=O)N1CCCC1. The van der Waals surface area contributed by atoms with E-state index < -0.39 is 21.5 Å². The van der Waals surface area contributed by atoms with E-state index in [9.17, 15) is 18.0 Å². The number of hydrogen-bond acceptors (Lipinski definition) is 4. The zero-order chi connectivity index (χ0) is 21.6. The van der Waals surface area contributed by atoms with E-state index in [2.05, 4.69) is 5.32 Å². The average Bonchev–Trinajstić information content (AvgIpc) is 3.24. The number of amides is 2. The number of nitrogens with one attached hydrogen (secondary N) is 1. The molecule has 0 aromatic heterocycles. The number of likely N-dealkylation sites (tertiary alicyclic amines) is 1. The summed E-state index contributed by atoms with van der Waals surface area (Å²) in [6.45, 7) is 3.26. The van der Waals surface area contributed by atoms with Gasteiger partial charge in [0.15, 0.2) is 9.84 Å². The van der Waals surface area contributed by atoms with Crippen molar-refractivity contribution in [2.24, 2.45) is 0 Å². The number of aryl methyl sites for hydroxylation is 1. The smallest absolute Gasteiger partial charge is 0.254 e. The first-order chi connectivity index (χ1) is 14.4. The van der Waals surface area contributed by atoms with Crippen LogP contribution in [0.2, 0.25) is 0 Å². The van der Waals surface area contributed by atoms with Gasteiger partial charge in [-0.1, -0.05) is 36.4 Å². The Labute approximate surface area is 178 Å². The predicted molar refractivity (Wildman–Crippen MR) is 118 cm³/mol. The molecule has 2 aromatic rings. The normalized spacial score (nSPS) is 14.0. The summed E-state index contributed by atoms with van der Waals surface area (Å²) in [6, 6.07) is 14.8. The third-order valence-electron chi connectivity index (χ3n) is 5.35. The fourth-order valence-corrected chi connectivity index (χ4v) is 4.89. The van der Waals surface area contributed by atoms with Crippen LogP contribution in [0.15, 0.2) is 48.5 Å². The minimum Gasteiger partial charge on any atom is -0.339 e. The molecule has 1 aliphatic rings. The Kier molecular flexibility index (Phi) is 7.26. The molecule has 30 heavy (non-hydrogen) atoms. The summed E-state index contributed by atoms with van der Waals surface area (Å²) >= 11 is 0. The Morgan fingerprint density at radius 2 is 1.70 bits per heavy atom. The molecule has 1 fully saturated rings. The predicted octanol–water partition coefficient (Wildman–Crippen LogP) is 3.22. The fourth-order valence-electron chi connectivity index (χ4n) is 3.69. The lowest BCUT2D eigenvalue weighted by atomic mass is 10.1. The van der Waals surface area contributed by atoms with Gasteiger partial charge in [-0.3, -0.25) is 9.59 Å². The number of carbonyl (C=O) groups is 2. The highest BCUT2D eigenvalue weighted by Gasteiger charge is 2.23. The van der Waals surface area contributed by atoms with Crippen LogP contribution in [-0.4, -0.2) is 49.7 Å². The van der Waals surface area contributed by atoms with Crippen LogP contribution in [0.3, 0.4) is 0 Å². The van der Waals surface area contributed by atoms with Crippen molar-refractivity contribution in [3.63, 3.8) is 0 Å². The van der Waals surface area contributed by atoms with Gasteiger partial charge >= 0.3 is 0 Å². The van der Waals surface area contributed by atoms with Crippen LogP contribution in [0.25, 0.3) is 0 Å². The lowest BCUT2D eigenvalue weighted by Crippen LogP contribution is -2.29. The van der Waals surface area contributed by atoms with Crippen LogP contribution >= 0.6 is 0 Å². The van der Waals surface area contributed by atoms with Gasteiger partial charge in [-0.25, -0.2) is 8.42 Å². The number of benzene rings is 2. The van der Waals surface area contributed by atoms with Gasteiger partial charge in [0.1, 0.15) is 5.75 Å². The standard InChI is InChI=1S/C23H28N2O4S/c1-18-20(23(27)25-14-5-6-15-25)12-7-13-21(18)24-22(26)17-30(28,29)16-8-11-19-9-3-2-4-10-19/h2-4,7,9-10,12-13H,5-6,8,11,14-17H2,1H3,(H,24,26). The van der Waals surface area contributed by atoms with Crippen LogP contribution in [0.4, 0.5) is 5.69 Å². The van der Waals surface area contributed by atoms with Crippen molar-refractivity contribution in [2.45, 2.75) is 32.6 Å². The van der Waals surface area contributed by atoms with Crippen molar-refractivity contribution >= 4 is 27.3 Å². The van der Waals surface area contributed by atoms with Crippen molar-refractivity contribution in [2.75, 3.05) is 29.9 Å². The van der Waals surface area contributed by atoms with Crippen molar-refractivity contribution in [1.82, 2.24) is 4.90 Å². The summed E-state index contributed by atoms with van der Waals surface area (Å²) in [5, 5.41) is 2.67. The van der Waals surface area contributed by atoms with Crippen LogP contribution in [-0.2, 0) is 21.1 Å². The topological polar surface area (TPSA) is 83.5 Å². The molecule has 0 aliphatic carbocycles. The molecular formula is C23H28N2O4S. The van der Waals surface area contributed by atoms with Gasteiger partial charge in [0.2, 0.25) is 5.91 Å². The van der Waals surface area contributed by atoms with E-state index in [0.717, 1.165) is 31.5 Å². The first-order valence-corrected chi connectivity index (χ1v) is 12.1. The quantitative estimate of drug-likeness (QED) is 0.700. The highest BCUT2D eigenvalue weighted by atomic mass is 32.2. The Morgan fingerprint density at radius 1 is 1.00 bits per heavy atom. The number of anilines is 1. The Balaban J connectivity index is 1.57. The van der Waals surface area contributed by atoms with Crippen LogP contribution < -0.4 is 5.32 Å². The summed E-state index contributed by atoms with van der Waals surface area (Å²) in [7, 11) is -3.51. The van der Waals surface area contributed by atoms with E-state index in [4.69, 9.17) is 0 Å². The van der Waals surface area contributed by atoms with E-state index in [-0.39, 0.29) is 11.7 Å². The lowest BCUT2D eigenvalue weighted by molar-refractivity contribution is -0.113. The summed E-state index contributed by atoms with van der Waals surface area (Å²) in [4.78, 5) is 26.9. The molecule has 2 amide bonds. The first kappa shape index (κ1) is 22.0. The molecule has 7 heteroatoms. The first-order valence-electron chi connectivity index (χ1n) is 10.3.